The van der Waals surface area contributed by atoms with E-state index in [1.807, 2.05) is 6.07 Å². The Kier molecular flexibility index (Phi) is 5.83. The highest BCUT2D eigenvalue weighted by Crippen LogP contribution is 2.30. The van der Waals surface area contributed by atoms with Crippen LogP contribution in [0, 0.1) is 6.92 Å². The van der Waals surface area contributed by atoms with E-state index in [2.05, 4.69) is 71.5 Å². The molecule has 0 heterocycles. The van der Waals surface area contributed by atoms with Gasteiger partial charge in [-0.15, -0.1) is 0 Å². The van der Waals surface area contributed by atoms with Gasteiger partial charge in [0.05, 0.1) is 7.11 Å². The molecule has 3 heteroatoms. The first-order chi connectivity index (χ1) is 10.2. The Morgan fingerprint density at radius 1 is 1.19 bits per heavy atom. The van der Waals surface area contributed by atoms with Crippen molar-refractivity contribution in [3.63, 3.8) is 0 Å². The molecule has 0 aliphatic heterocycles. The second-order valence-electron chi connectivity index (χ2n) is 5.13. The number of halogens is 1. The van der Waals surface area contributed by atoms with Crippen molar-refractivity contribution < 1.29 is 4.74 Å². The zero-order chi connectivity index (χ0) is 15.2. The van der Waals surface area contributed by atoms with Gasteiger partial charge < -0.3 is 10.1 Å². The van der Waals surface area contributed by atoms with Gasteiger partial charge in [0, 0.05) is 10.5 Å². The van der Waals surface area contributed by atoms with Gasteiger partial charge in [-0.2, -0.15) is 0 Å². The fourth-order valence-electron chi connectivity index (χ4n) is 2.51. The van der Waals surface area contributed by atoms with Crippen molar-refractivity contribution in [1.29, 1.82) is 0 Å². The van der Waals surface area contributed by atoms with E-state index < -0.39 is 0 Å². The van der Waals surface area contributed by atoms with Gasteiger partial charge in [-0.1, -0.05) is 47.1 Å². The second-order valence-corrected chi connectivity index (χ2v) is 5.98. The molecule has 0 spiro atoms. The summed E-state index contributed by atoms with van der Waals surface area (Å²) in [5.74, 6) is 0.890. The second kappa shape index (κ2) is 7.62. The highest BCUT2D eigenvalue weighted by Gasteiger charge is 2.16. The molecule has 0 fully saturated rings. The smallest absolute Gasteiger partial charge is 0.119 e. The molecule has 0 amide bonds. The van der Waals surface area contributed by atoms with Crippen molar-refractivity contribution in [1.82, 2.24) is 5.32 Å². The lowest BCUT2D eigenvalue weighted by atomic mass is 9.96. The zero-order valence-electron chi connectivity index (χ0n) is 12.8. The minimum Gasteiger partial charge on any atom is -0.497 e. The lowest BCUT2D eigenvalue weighted by molar-refractivity contribution is 0.412. The summed E-state index contributed by atoms with van der Waals surface area (Å²) in [6.45, 7) is 5.23. The monoisotopic (exact) mass is 347 g/mol. The number of likely N-dealkylation sites (N-methyl/N-ethyl adjacent to an activating group) is 1. The maximum Gasteiger partial charge on any atom is 0.119 e. The van der Waals surface area contributed by atoms with Crippen LogP contribution in [0.4, 0.5) is 0 Å². The molecule has 2 rings (SSSR count). The Hall–Kier alpha value is -1.32. The van der Waals surface area contributed by atoms with E-state index in [1.54, 1.807) is 7.11 Å². The quantitative estimate of drug-likeness (QED) is 0.820. The van der Waals surface area contributed by atoms with E-state index in [-0.39, 0.29) is 6.04 Å². The summed E-state index contributed by atoms with van der Waals surface area (Å²) >= 11 is 3.67. The molecule has 0 radical (unpaired) electrons. The summed E-state index contributed by atoms with van der Waals surface area (Å²) in [5.41, 5.74) is 3.94. The molecule has 21 heavy (non-hydrogen) atoms. The van der Waals surface area contributed by atoms with E-state index in [4.69, 9.17) is 4.74 Å². The number of hydrogen-bond acceptors (Lipinski definition) is 2. The maximum absolute atomic E-state index is 5.36. The van der Waals surface area contributed by atoms with Gasteiger partial charge in [0.25, 0.3) is 0 Å². The molecular formula is C18H22BrNO. The minimum atomic E-state index is 0.264. The average Bonchev–Trinajstić information content (AvgIpc) is 2.49. The normalized spacial score (nSPS) is 12.2. The van der Waals surface area contributed by atoms with Crippen molar-refractivity contribution in [2.45, 2.75) is 26.3 Å². The van der Waals surface area contributed by atoms with Crippen LogP contribution in [-0.4, -0.2) is 13.7 Å². The molecular weight excluding hydrogens is 326 g/mol. The highest BCUT2D eigenvalue weighted by atomic mass is 79.9. The van der Waals surface area contributed by atoms with Crippen molar-refractivity contribution in [3.8, 4) is 5.75 Å². The molecule has 1 atom stereocenters. The van der Waals surface area contributed by atoms with E-state index in [0.29, 0.717) is 0 Å². The first-order valence-electron chi connectivity index (χ1n) is 7.27. The van der Waals surface area contributed by atoms with Gasteiger partial charge in [-0.25, -0.2) is 0 Å². The molecule has 1 N–H and O–H groups in total. The predicted molar refractivity (Wildman–Crippen MR) is 92.0 cm³/mol. The van der Waals surface area contributed by atoms with Crippen molar-refractivity contribution >= 4 is 15.9 Å². The molecule has 2 aromatic rings. The summed E-state index contributed by atoms with van der Waals surface area (Å²) < 4.78 is 6.48. The van der Waals surface area contributed by atoms with Crippen LogP contribution in [0.25, 0.3) is 0 Å². The van der Waals surface area contributed by atoms with Gasteiger partial charge in [-0.05, 0) is 54.8 Å². The Labute approximate surface area is 135 Å². The number of rotatable bonds is 6. The summed E-state index contributed by atoms with van der Waals surface area (Å²) in [6.07, 6.45) is 0.965. The lowest BCUT2D eigenvalue weighted by Gasteiger charge is -2.21. The SMILES string of the molecule is CCNC(Cc1ccccc1C)c1cc(OC)ccc1Br. The van der Waals surface area contributed by atoms with Gasteiger partial charge >= 0.3 is 0 Å². The summed E-state index contributed by atoms with van der Waals surface area (Å²) in [5, 5.41) is 3.58. The van der Waals surface area contributed by atoms with E-state index in [0.717, 1.165) is 23.2 Å². The van der Waals surface area contributed by atoms with Crippen LogP contribution in [-0.2, 0) is 6.42 Å². The molecule has 0 aliphatic rings. The lowest BCUT2D eigenvalue weighted by Crippen LogP contribution is -2.23. The molecule has 0 aliphatic carbocycles. The molecule has 0 aromatic heterocycles. The predicted octanol–water partition coefficient (Wildman–Crippen LogP) is 4.66. The summed E-state index contributed by atoms with van der Waals surface area (Å²) in [4.78, 5) is 0. The number of nitrogens with one attached hydrogen (secondary N) is 1. The molecule has 112 valence electrons. The molecule has 0 saturated heterocycles. The van der Waals surface area contributed by atoms with Crippen LogP contribution < -0.4 is 10.1 Å². The van der Waals surface area contributed by atoms with Crippen LogP contribution in [0.2, 0.25) is 0 Å². The summed E-state index contributed by atoms with van der Waals surface area (Å²) in [6, 6.07) is 15.0. The molecule has 0 bridgehead atoms. The Bertz CT molecular complexity index is 598. The van der Waals surface area contributed by atoms with Gasteiger partial charge in [0.2, 0.25) is 0 Å². The summed E-state index contributed by atoms with van der Waals surface area (Å²) in [7, 11) is 1.70. The van der Waals surface area contributed by atoms with E-state index in [9.17, 15) is 0 Å². The minimum absolute atomic E-state index is 0.264. The standard InChI is InChI=1S/C18H22BrNO/c1-4-20-18(11-14-8-6-5-7-13(14)2)16-12-15(21-3)9-10-17(16)19/h5-10,12,18,20H,4,11H2,1-3H3. The van der Waals surface area contributed by atoms with Crippen LogP contribution in [0.5, 0.6) is 5.75 Å². The van der Waals surface area contributed by atoms with Crippen molar-refractivity contribution in [2.24, 2.45) is 0 Å². The fourth-order valence-corrected chi connectivity index (χ4v) is 3.04. The van der Waals surface area contributed by atoms with Crippen LogP contribution in [0.3, 0.4) is 0 Å². The van der Waals surface area contributed by atoms with Crippen molar-refractivity contribution in [2.75, 3.05) is 13.7 Å². The third-order valence-electron chi connectivity index (χ3n) is 3.71. The number of aryl methyl sites for hydroxylation is 1. The highest BCUT2D eigenvalue weighted by molar-refractivity contribution is 9.10. The molecule has 0 saturated carbocycles. The first kappa shape index (κ1) is 16.1. The van der Waals surface area contributed by atoms with Crippen LogP contribution >= 0.6 is 15.9 Å². The third-order valence-corrected chi connectivity index (χ3v) is 4.44. The number of ether oxygens (including phenoxy) is 1. The Morgan fingerprint density at radius 3 is 2.62 bits per heavy atom. The largest absolute Gasteiger partial charge is 0.497 e. The topological polar surface area (TPSA) is 21.3 Å². The third kappa shape index (κ3) is 4.08. The number of methoxy groups -OCH3 is 1. The molecule has 2 aromatic carbocycles. The van der Waals surface area contributed by atoms with Gasteiger partial charge in [-0.3, -0.25) is 0 Å². The Balaban J connectivity index is 2.33. The fraction of sp³-hybridized carbons (Fsp3) is 0.333. The van der Waals surface area contributed by atoms with E-state index >= 15 is 0 Å². The number of benzene rings is 2. The van der Waals surface area contributed by atoms with Gasteiger partial charge in [0.1, 0.15) is 5.75 Å². The maximum atomic E-state index is 5.36. The van der Waals surface area contributed by atoms with Crippen LogP contribution in [0.1, 0.15) is 29.7 Å². The van der Waals surface area contributed by atoms with E-state index in [1.165, 1.54) is 16.7 Å². The Morgan fingerprint density at radius 2 is 1.95 bits per heavy atom. The zero-order valence-corrected chi connectivity index (χ0v) is 14.4. The first-order valence-corrected chi connectivity index (χ1v) is 8.06. The molecule has 1 unspecified atom stereocenters. The van der Waals surface area contributed by atoms with Crippen LogP contribution in [0.15, 0.2) is 46.9 Å². The number of hydrogen-bond donors (Lipinski definition) is 1. The van der Waals surface area contributed by atoms with Gasteiger partial charge in [0.15, 0.2) is 0 Å². The average molecular weight is 348 g/mol. The molecule has 2 nitrogen and oxygen atoms in total. The van der Waals surface area contributed by atoms with Crippen molar-refractivity contribution in [3.05, 3.63) is 63.6 Å².